The molecule has 1 aromatic heterocycles. The Labute approximate surface area is 124 Å². The van der Waals surface area contributed by atoms with Crippen LogP contribution >= 0.6 is 0 Å². The Morgan fingerprint density at radius 3 is 2.62 bits per heavy atom. The van der Waals surface area contributed by atoms with E-state index in [2.05, 4.69) is 15.5 Å². The van der Waals surface area contributed by atoms with E-state index in [9.17, 15) is 9.90 Å². The predicted octanol–water partition coefficient (Wildman–Crippen LogP) is 1.87. The Morgan fingerprint density at radius 1 is 1.33 bits per heavy atom. The topological polar surface area (TPSA) is 78.0 Å². The van der Waals surface area contributed by atoms with Gasteiger partial charge in [0.25, 0.3) is 5.91 Å². The Morgan fingerprint density at radius 2 is 2.05 bits per heavy atom. The van der Waals surface area contributed by atoms with Crippen molar-refractivity contribution >= 4 is 5.91 Å². The van der Waals surface area contributed by atoms with Crippen molar-refractivity contribution in [2.45, 2.75) is 32.2 Å². The van der Waals surface area contributed by atoms with Crippen LogP contribution in [0.1, 0.15) is 41.5 Å². The van der Waals surface area contributed by atoms with Crippen LogP contribution < -0.4 is 5.32 Å². The second kappa shape index (κ2) is 7.04. The maximum absolute atomic E-state index is 12.1. The van der Waals surface area contributed by atoms with Crippen LogP contribution in [0.15, 0.2) is 36.4 Å². The number of benzene rings is 1. The van der Waals surface area contributed by atoms with Crippen LogP contribution in [0.3, 0.4) is 0 Å². The van der Waals surface area contributed by atoms with Crippen molar-refractivity contribution in [2.24, 2.45) is 0 Å². The number of H-pyrrole nitrogens is 1. The molecule has 0 saturated heterocycles. The normalized spacial score (nSPS) is 12.4. The van der Waals surface area contributed by atoms with Gasteiger partial charge in [0.05, 0.1) is 12.6 Å². The molecule has 1 aromatic carbocycles. The number of nitrogens with zero attached hydrogens (tertiary/aromatic N) is 1. The van der Waals surface area contributed by atoms with Gasteiger partial charge in [-0.05, 0) is 24.0 Å². The molecule has 21 heavy (non-hydrogen) atoms. The number of aromatic nitrogens is 2. The first-order valence-electron chi connectivity index (χ1n) is 7.11. The quantitative estimate of drug-likeness (QED) is 0.759. The van der Waals surface area contributed by atoms with Crippen LogP contribution in [0.4, 0.5) is 0 Å². The van der Waals surface area contributed by atoms with Crippen LogP contribution in [-0.2, 0) is 6.42 Å². The summed E-state index contributed by atoms with van der Waals surface area (Å²) in [6.07, 6.45) is 0.588. The lowest BCUT2D eigenvalue weighted by atomic mass is 10.1. The lowest BCUT2D eigenvalue weighted by Gasteiger charge is -2.15. The third-order valence-electron chi connectivity index (χ3n) is 3.33. The largest absolute Gasteiger partial charge is 0.394 e. The predicted molar refractivity (Wildman–Crippen MR) is 81.2 cm³/mol. The Balaban J connectivity index is 1.99. The summed E-state index contributed by atoms with van der Waals surface area (Å²) in [4.78, 5) is 12.1. The minimum absolute atomic E-state index is 0.109. The third kappa shape index (κ3) is 4.16. The van der Waals surface area contributed by atoms with Gasteiger partial charge < -0.3 is 10.4 Å². The molecule has 2 aromatic rings. The van der Waals surface area contributed by atoms with Crippen LogP contribution in [0, 0.1) is 0 Å². The van der Waals surface area contributed by atoms with Gasteiger partial charge in [0.1, 0.15) is 5.69 Å². The van der Waals surface area contributed by atoms with Crippen molar-refractivity contribution in [2.75, 3.05) is 6.61 Å². The smallest absolute Gasteiger partial charge is 0.272 e. The monoisotopic (exact) mass is 287 g/mol. The summed E-state index contributed by atoms with van der Waals surface area (Å²) in [6, 6.07) is 11.2. The van der Waals surface area contributed by atoms with Crippen molar-refractivity contribution in [3.05, 3.63) is 53.3 Å². The van der Waals surface area contributed by atoms with Crippen molar-refractivity contribution in [3.8, 4) is 0 Å². The summed E-state index contributed by atoms with van der Waals surface area (Å²) < 4.78 is 0. The van der Waals surface area contributed by atoms with Crippen molar-refractivity contribution in [1.82, 2.24) is 15.5 Å². The zero-order valence-corrected chi connectivity index (χ0v) is 12.3. The summed E-state index contributed by atoms with van der Waals surface area (Å²) in [6.45, 7) is 3.95. The first-order valence-corrected chi connectivity index (χ1v) is 7.11. The van der Waals surface area contributed by atoms with E-state index < -0.39 is 0 Å². The summed E-state index contributed by atoms with van der Waals surface area (Å²) in [5.41, 5.74) is 2.34. The second-order valence-electron chi connectivity index (χ2n) is 5.41. The lowest BCUT2D eigenvalue weighted by Crippen LogP contribution is -2.39. The Hall–Kier alpha value is -2.14. The first-order chi connectivity index (χ1) is 10.1. The lowest BCUT2D eigenvalue weighted by molar-refractivity contribution is 0.0911. The van der Waals surface area contributed by atoms with E-state index in [1.165, 1.54) is 0 Å². The van der Waals surface area contributed by atoms with Crippen molar-refractivity contribution in [3.63, 3.8) is 0 Å². The number of rotatable bonds is 6. The number of hydrogen-bond acceptors (Lipinski definition) is 3. The molecule has 0 radical (unpaired) electrons. The minimum atomic E-state index is -0.320. The molecule has 0 aliphatic rings. The maximum Gasteiger partial charge on any atom is 0.272 e. The average molecular weight is 287 g/mol. The molecule has 1 heterocycles. The van der Waals surface area contributed by atoms with Crippen LogP contribution in [0.25, 0.3) is 0 Å². The van der Waals surface area contributed by atoms with Crippen molar-refractivity contribution < 1.29 is 9.90 Å². The fourth-order valence-electron chi connectivity index (χ4n) is 2.07. The molecule has 3 N–H and O–H groups in total. The highest BCUT2D eigenvalue weighted by Gasteiger charge is 2.16. The molecular formula is C16H21N3O2. The van der Waals surface area contributed by atoms with Crippen molar-refractivity contribution in [1.29, 1.82) is 0 Å². The summed E-state index contributed by atoms with van der Waals surface area (Å²) >= 11 is 0. The summed E-state index contributed by atoms with van der Waals surface area (Å²) in [5, 5.41) is 19.1. The van der Waals surface area contributed by atoms with Crippen LogP contribution in [0.2, 0.25) is 0 Å². The van der Waals surface area contributed by atoms with Crippen LogP contribution in [0.5, 0.6) is 0 Å². The van der Waals surface area contributed by atoms with Gasteiger partial charge in [0, 0.05) is 5.69 Å². The minimum Gasteiger partial charge on any atom is -0.394 e. The van der Waals surface area contributed by atoms with Gasteiger partial charge in [-0.1, -0.05) is 44.2 Å². The van der Waals surface area contributed by atoms with Gasteiger partial charge >= 0.3 is 0 Å². The molecule has 0 fully saturated rings. The summed E-state index contributed by atoms with van der Waals surface area (Å²) in [7, 11) is 0. The van der Waals surface area contributed by atoms with Gasteiger partial charge in [-0.25, -0.2) is 0 Å². The maximum atomic E-state index is 12.1. The van der Waals surface area contributed by atoms with E-state index in [-0.39, 0.29) is 24.5 Å². The number of aromatic amines is 1. The molecule has 1 atom stereocenters. The highest BCUT2D eigenvalue weighted by molar-refractivity contribution is 5.92. The van der Waals surface area contributed by atoms with E-state index in [0.29, 0.717) is 12.1 Å². The number of aliphatic hydroxyl groups is 1. The highest BCUT2D eigenvalue weighted by Crippen LogP contribution is 2.12. The van der Waals surface area contributed by atoms with Gasteiger partial charge in [-0.2, -0.15) is 5.10 Å². The van der Waals surface area contributed by atoms with E-state index >= 15 is 0 Å². The molecule has 0 unspecified atom stereocenters. The highest BCUT2D eigenvalue weighted by atomic mass is 16.3. The molecule has 0 aliphatic carbocycles. The number of carbonyl (C=O) groups excluding carboxylic acids is 1. The number of amides is 1. The number of hydrogen-bond donors (Lipinski definition) is 3. The van der Waals surface area contributed by atoms with Gasteiger partial charge in [-0.15, -0.1) is 0 Å². The second-order valence-corrected chi connectivity index (χ2v) is 5.41. The fraction of sp³-hybridized carbons (Fsp3) is 0.375. The fourth-order valence-corrected chi connectivity index (χ4v) is 2.07. The molecule has 0 saturated carbocycles. The third-order valence-corrected chi connectivity index (χ3v) is 3.33. The number of aliphatic hydroxyl groups excluding tert-OH is 1. The SMILES string of the molecule is CC(C)c1cc(C(=O)N[C@@H](CO)Cc2ccccc2)n[nH]1. The molecule has 5 heteroatoms. The first kappa shape index (κ1) is 15.3. The molecule has 0 spiro atoms. The molecule has 112 valence electrons. The number of nitrogens with one attached hydrogen (secondary N) is 2. The zero-order valence-electron chi connectivity index (χ0n) is 12.3. The summed E-state index contributed by atoms with van der Waals surface area (Å²) in [5.74, 6) is 0.0186. The van der Waals surface area contributed by atoms with E-state index in [4.69, 9.17) is 0 Å². The van der Waals surface area contributed by atoms with Gasteiger partial charge in [0.2, 0.25) is 0 Å². The molecule has 2 rings (SSSR count). The zero-order chi connectivity index (χ0) is 15.2. The average Bonchev–Trinajstić information content (AvgIpc) is 2.97. The number of carbonyl (C=O) groups is 1. The van der Waals surface area contributed by atoms with Crippen LogP contribution in [-0.4, -0.2) is 33.9 Å². The van der Waals surface area contributed by atoms with Gasteiger partial charge in [0.15, 0.2) is 0 Å². The Kier molecular flexibility index (Phi) is 5.11. The molecule has 0 bridgehead atoms. The van der Waals surface area contributed by atoms with E-state index in [0.717, 1.165) is 11.3 Å². The van der Waals surface area contributed by atoms with Gasteiger partial charge in [-0.3, -0.25) is 9.89 Å². The standard InChI is InChI=1S/C16H21N3O2/c1-11(2)14-9-15(19-18-14)16(21)17-13(10-20)8-12-6-4-3-5-7-12/h3-7,9,11,13,20H,8,10H2,1-2H3,(H,17,21)(H,18,19)/t13-/m1/s1. The van der Waals surface area contributed by atoms with E-state index in [1.807, 2.05) is 44.2 Å². The molecule has 0 aliphatic heterocycles. The molecule has 1 amide bonds. The van der Waals surface area contributed by atoms with E-state index in [1.54, 1.807) is 6.07 Å². The Bertz CT molecular complexity index is 578. The molecule has 5 nitrogen and oxygen atoms in total. The molecular weight excluding hydrogens is 266 g/mol.